The highest BCUT2D eigenvalue weighted by Crippen LogP contribution is 2.30. The Bertz CT molecular complexity index is 654. The second-order valence-corrected chi connectivity index (χ2v) is 5.66. The molecule has 1 heterocycles. The van der Waals surface area contributed by atoms with Crippen LogP contribution in [0.1, 0.15) is 28.8 Å². The lowest BCUT2D eigenvalue weighted by Crippen LogP contribution is -2.32. The van der Waals surface area contributed by atoms with Crippen LogP contribution in [0, 0.1) is 0 Å². The van der Waals surface area contributed by atoms with E-state index >= 15 is 0 Å². The lowest BCUT2D eigenvalue weighted by atomic mass is 10.2. The Morgan fingerprint density at radius 1 is 1.29 bits per heavy atom. The summed E-state index contributed by atoms with van der Waals surface area (Å²) in [6.45, 7) is 0.538. The van der Waals surface area contributed by atoms with Gasteiger partial charge in [0.15, 0.2) is 0 Å². The molecule has 1 aliphatic carbocycles. The monoisotopic (exact) mass is 302 g/mol. The molecule has 1 fully saturated rings. The molecule has 0 saturated heterocycles. The lowest BCUT2D eigenvalue weighted by molar-refractivity contribution is 0.0729. The molecule has 1 aromatic heterocycles. The smallest absolute Gasteiger partial charge is 0.256 e. The van der Waals surface area contributed by atoms with Crippen LogP contribution in [-0.2, 0) is 6.54 Å². The van der Waals surface area contributed by atoms with E-state index in [1.54, 1.807) is 0 Å². The molecule has 0 radical (unpaired) electrons. The summed E-state index contributed by atoms with van der Waals surface area (Å²) in [6.07, 6.45) is 4.84. The quantitative estimate of drug-likeness (QED) is 0.943. The normalized spacial score (nSPS) is 14.0. The van der Waals surface area contributed by atoms with Crippen LogP contribution in [0.15, 0.2) is 42.7 Å². The topological polar surface area (TPSA) is 53.4 Å². The minimum absolute atomic E-state index is 0.00286. The fourth-order valence-electron chi connectivity index (χ4n) is 2.25. The SMILES string of the molecule is O=C(c1cncc(O)c1)N(Cc1ccc(Cl)cc1)C1CC1. The zero-order chi connectivity index (χ0) is 14.8. The van der Waals surface area contributed by atoms with E-state index in [4.69, 9.17) is 11.6 Å². The molecule has 1 saturated carbocycles. The molecule has 1 N–H and O–H groups in total. The highest BCUT2D eigenvalue weighted by atomic mass is 35.5. The Labute approximate surface area is 128 Å². The summed E-state index contributed by atoms with van der Waals surface area (Å²) in [5, 5.41) is 10.2. The average Bonchev–Trinajstić information content (AvgIpc) is 3.30. The van der Waals surface area contributed by atoms with Crippen LogP contribution in [0.2, 0.25) is 5.02 Å². The highest BCUT2D eigenvalue weighted by Gasteiger charge is 2.33. The van der Waals surface area contributed by atoms with Gasteiger partial charge in [-0.3, -0.25) is 9.78 Å². The van der Waals surface area contributed by atoms with Gasteiger partial charge in [-0.15, -0.1) is 0 Å². The van der Waals surface area contributed by atoms with Crippen LogP contribution >= 0.6 is 11.6 Å². The van der Waals surface area contributed by atoms with Gasteiger partial charge in [-0.1, -0.05) is 23.7 Å². The number of halogens is 1. The molecular weight excluding hydrogens is 288 g/mol. The van der Waals surface area contributed by atoms with Crippen LogP contribution in [0.25, 0.3) is 0 Å². The molecule has 1 amide bonds. The Kier molecular flexibility index (Phi) is 3.80. The standard InChI is InChI=1S/C16H15ClN2O2/c17-13-3-1-11(2-4-13)10-19(14-5-6-14)16(21)12-7-15(20)9-18-8-12/h1-4,7-9,14,20H,5-6,10H2. The van der Waals surface area contributed by atoms with E-state index in [0.717, 1.165) is 18.4 Å². The molecular formula is C16H15ClN2O2. The van der Waals surface area contributed by atoms with Crippen molar-refractivity contribution in [3.63, 3.8) is 0 Å². The zero-order valence-electron chi connectivity index (χ0n) is 11.4. The van der Waals surface area contributed by atoms with Crippen molar-refractivity contribution in [3.05, 3.63) is 58.9 Å². The molecule has 0 atom stereocenters. The molecule has 5 heteroatoms. The molecule has 1 aromatic carbocycles. The van der Waals surface area contributed by atoms with Crippen LogP contribution in [-0.4, -0.2) is 26.9 Å². The molecule has 108 valence electrons. The van der Waals surface area contributed by atoms with Crippen LogP contribution in [0.5, 0.6) is 5.75 Å². The van der Waals surface area contributed by atoms with E-state index in [9.17, 15) is 9.90 Å². The number of rotatable bonds is 4. The van der Waals surface area contributed by atoms with Gasteiger partial charge in [-0.25, -0.2) is 0 Å². The number of carbonyl (C=O) groups excluding carboxylic acids is 1. The number of aromatic nitrogens is 1. The summed E-state index contributed by atoms with van der Waals surface area (Å²) in [6, 6.07) is 9.21. The fraction of sp³-hybridized carbons (Fsp3) is 0.250. The third-order valence-corrected chi connectivity index (χ3v) is 3.74. The highest BCUT2D eigenvalue weighted by molar-refractivity contribution is 6.30. The average molecular weight is 303 g/mol. The molecule has 0 aliphatic heterocycles. The van der Waals surface area contributed by atoms with Gasteiger partial charge in [-0.2, -0.15) is 0 Å². The number of hydrogen-bond acceptors (Lipinski definition) is 3. The predicted octanol–water partition coefficient (Wildman–Crippen LogP) is 3.25. The van der Waals surface area contributed by atoms with Crippen molar-refractivity contribution in [2.45, 2.75) is 25.4 Å². The molecule has 21 heavy (non-hydrogen) atoms. The zero-order valence-corrected chi connectivity index (χ0v) is 12.1. The summed E-state index contributed by atoms with van der Waals surface area (Å²) in [5.41, 5.74) is 1.45. The maximum absolute atomic E-state index is 12.6. The van der Waals surface area contributed by atoms with Gasteiger partial charge in [0, 0.05) is 23.8 Å². The number of amides is 1. The maximum Gasteiger partial charge on any atom is 0.256 e. The van der Waals surface area contributed by atoms with Crippen LogP contribution in [0.4, 0.5) is 0 Å². The molecule has 0 unspecified atom stereocenters. The Hall–Kier alpha value is -2.07. The predicted molar refractivity (Wildman–Crippen MR) is 80.2 cm³/mol. The summed E-state index contributed by atoms with van der Waals surface area (Å²) in [4.78, 5) is 18.3. The summed E-state index contributed by atoms with van der Waals surface area (Å²) >= 11 is 5.88. The van der Waals surface area contributed by atoms with Crippen molar-refractivity contribution in [2.75, 3.05) is 0 Å². The van der Waals surface area contributed by atoms with Crippen molar-refractivity contribution in [1.29, 1.82) is 0 Å². The second kappa shape index (κ2) is 5.74. The minimum atomic E-state index is -0.101. The first-order valence-corrected chi connectivity index (χ1v) is 7.21. The van der Waals surface area contributed by atoms with Crippen molar-refractivity contribution < 1.29 is 9.90 Å². The van der Waals surface area contributed by atoms with Gasteiger partial charge in [0.25, 0.3) is 5.91 Å². The number of nitrogens with zero attached hydrogens (tertiary/aromatic N) is 2. The maximum atomic E-state index is 12.6. The molecule has 4 nitrogen and oxygen atoms in total. The number of pyridine rings is 1. The van der Waals surface area contributed by atoms with E-state index in [2.05, 4.69) is 4.98 Å². The third kappa shape index (κ3) is 3.34. The summed E-state index contributed by atoms with van der Waals surface area (Å²) in [5.74, 6) is -0.0982. The Morgan fingerprint density at radius 3 is 2.62 bits per heavy atom. The van der Waals surface area contributed by atoms with Gasteiger partial charge >= 0.3 is 0 Å². The molecule has 1 aliphatic rings. The first-order valence-electron chi connectivity index (χ1n) is 6.83. The minimum Gasteiger partial charge on any atom is -0.506 e. The van der Waals surface area contributed by atoms with E-state index in [1.807, 2.05) is 29.2 Å². The fourth-order valence-corrected chi connectivity index (χ4v) is 2.38. The number of carbonyl (C=O) groups is 1. The van der Waals surface area contributed by atoms with E-state index < -0.39 is 0 Å². The van der Waals surface area contributed by atoms with Crippen LogP contribution < -0.4 is 0 Å². The van der Waals surface area contributed by atoms with Gasteiger partial charge < -0.3 is 10.0 Å². The van der Waals surface area contributed by atoms with Gasteiger partial charge in [0.1, 0.15) is 5.75 Å². The Morgan fingerprint density at radius 2 is 2.00 bits per heavy atom. The van der Waals surface area contributed by atoms with E-state index in [-0.39, 0.29) is 17.7 Å². The Balaban J connectivity index is 1.81. The molecule has 0 spiro atoms. The van der Waals surface area contributed by atoms with Crippen molar-refractivity contribution >= 4 is 17.5 Å². The van der Waals surface area contributed by atoms with E-state index in [1.165, 1.54) is 18.5 Å². The largest absolute Gasteiger partial charge is 0.506 e. The number of aromatic hydroxyl groups is 1. The number of benzene rings is 1. The first-order chi connectivity index (χ1) is 10.1. The second-order valence-electron chi connectivity index (χ2n) is 5.22. The number of hydrogen-bond donors (Lipinski definition) is 1. The molecule has 3 rings (SSSR count). The van der Waals surface area contributed by atoms with Crippen molar-refractivity contribution in [1.82, 2.24) is 9.88 Å². The molecule has 0 bridgehead atoms. The van der Waals surface area contributed by atoms with Gasteiger partial charge in [-0.05, 0) is 36.6 Å². The first kappa shape index (κ1) is 13.9. The van der Waals surface area contributed by atoms with Gasteiger partial charge in [0.2, 0.25) is 0 Å². The lowest BCUT2D eigenvalue weighted by Gasteiger charge is -2.22. The third-order valence-electron chi connectivity index (χ3n) is 3.49. The van der Waals surface area contributed by atoms with Crippen molar-refractivity contribution in [2.24, 2.45) is 0 Å². The van der Waals surface area contributed by atoms with Crippen LogP contribution in [0.3, 0.4) is 0 Å². The van der Waals surface area contributed by atoms with Gasteiger partial charge in [0.05, 0.1) is 11.8 Å². The summed E-state index contributed by atoms with van der Waals surface area (Å²) in [7, 11) is 0. The van der Waals surface area contributed by atoms with E-state index in [0.29, 0.717) is 17.1 Å². The molecule has 2 aromatic rings. The van der Waals surface area contributed by atoms with Crippen molar-refractivity contribution in [3.8, 4) is 5.75 Å². The summed E-state index contributed by atoms with van der Waals surface area (Å²) < 4.78 is 0.